The predicted molar refractivity (Wildman–Crippen MR) is 99.8 cm³/mol. The average Bonchev–Trinajstić information content (AvgIpc) is 3.16. The highest BCUT2D eigenvalue weighted by atomic mass is 32.1. The van der Waals surface area contributed by atoms with Gasteiger partial charge in [0.1, 0.15) is 13.2 Å². The molecule has 0 unspecified atom stereocenters. The van der Waals surface area contributed by atoms with Crippen LogP contribution in [0.1, 0.15) is 41.3 Å². The molecule has 0 bridgehead atoms. The summed E-state index contributed by atoms with van der Waals surface area (Å²) in [5.74, 6) is 0.474. The summed E-state index contributed by atoms with van der Waals surface area (Å²) in [5.41, 5.74) is 2.72. The van der Waals surface area contributed by atoms with Gasteiger partial charge in [-0.05, 0) is 31.0 Å². The first kappa shape index (κ1) is 16.9. The molecule has 0 saturated carbocycles. The highest BCUT2D eigenvalue weighted by Gasteiger charge is 2.25. The number of carboxylic acid groups (broad SMARTS) is 1. The van der Waals surface area contributed by atoms with Crippen LogP contribution in [0.3, 0.4) is 0 Å². The van der Waals surface area contributed by atoms with Crippen LogP contribution in [-0.2, 0) is 12.8 Å². The number of aromatic nitrogens is 2. The number of aryl methyl sites for hydroxylation is 2. The van der Waals surface area contributed by atoms with Crippen LogP contribution in [0.5, 0.6) is 11.5 Å². The number of benzene rings is 1. The zero-order valence-electron chi connectivity index (χ0n) is 14.7. The van der Waals surface area contributed by atoms with E-state index in [1.54, 1.807) is 15.7 Å². The normalized spacial score (nSPS) is 13.3. The molecule has 0 fully saturated rings. The maximum Gasteiger partial charge on any atom is 0.354 e. The van der Waals surface area contributed by atoms with Gasteiger partial charge in [0.2, 0.25) is 0 Å². The minimum absolute atomic E-state index is 0.266. The zero-order valence-corrected chi connectivity index (χ0v) is 15.6. The van der Waals surface area contributed by atoms with Crippen molar-refractivity contribution in [2.45, 2.75) is 33.1 Å². The summed E-state index contributed by atoms with van der Waals surface area (Å²) < 4.78 is 13.1. The molecule has 2 aromatic heterocycles. The van der Waals surface area contributed by atoms with Gasteiger partial charge in [-0.3, -0.25) is 4.40 Å². The third kappa shape index (κ3) is 2.63. The smallest absolute Gasteiger partial charge is 0.354 e. The molecule has 0 atom stereocenters. The van der Waals surface area contributed by atoms with Crippen LogP contribution in [0.2, 0.25) is 0 Å². The van der Waals surface area contributed by atoms with E-state index in [0.717, 1.165) is 39.7 Å². The van der Waals surface area contributed by atoms with Crippen molar-refractivity contribution in [1.29, 1.82) is 0 Å². The van der Waals surface area contributed by atoms with Crippen LogP contribution >= 0.6 is 11.3 Å². The van der Waals surface area contributed by atoms with Crippen molar-refractivity contribution in [3.63, 3.8) is 0 Å². The Morgan fingerprint density at radius 3 is 2.73 bits per heavy atom. The predicted octanol–water partition coefficient (Wildman–Crippen LogP) is 4.05. The average molecular weight is 372 g/mol. The molecule has 26 heavy (non-hydrogen) atoms. The lowest BCUT2D eigenvalue weighted by molar-refractivity contribution is 0.0688. The molecule has 1 N–H and O–H groups in total. The number of hydrogen-bond donors (Lipinski definition) is 1. The van der Waals surface area contributed by atoms with Crippen molar-refractivity contribution < 1.29 is 19.4 Å². The summed E-state index contributed by atoms with van der Waals surface area (Å²) in [5, 5.41) is 9.82. The van der Waals surface area contributed by atoms with Gasteiger partial charge in [-0.1, -0.05) is 20.3 Å². The van der Waals surface area contributed by atoms with Gasteiger partial charge in [0, 0.05) is 10.4 Å². The van der Waals surface area contributed by atoms with Gasteiger partial charge in [-0.2, -0.15) is 0 Å². The summed E-state index contributed by atoms with van der Waals surface area (Å²) in [7, 11) is 0. The lowest BCUT2D eigenvalue weighted by Crippen LogP contribution is -2.15. The van der Waals surface area contributed by atoms with Gasteiger partial charge >= 0.3 is 5.97 Å². The van der Waals surface area contributed by atoms with E-state index >= 15 is 0 Å². The molecule has 7 heteroatoms. The van der Waals surface area contributed by atoms with Crippen LogP contribution in [0.4, 0.5) is 0 Å². The molecule has 4 rings (SSSR count). The molecule has 0 saturated heterocycles. The SMILES string of the molecule is CCCc1nc2sc(CC)c(-c3ccc4c(c3)OCCO4)n2c1C(=O)O. The van der Waals surface area contributed by atoms with Crippen molar-refractivity contribution in [2.75, 3.05) is 13.2 Å². The van der Waals surface area contributed by atoms with E-state index < -0.39 is 5.97 Å². The number of carboxylic acids is 1. The number of aromatic carboxylic acids is 1. The molecular weight excluding hydrogens is 352 g/mol. The van der Waals surface area contributed by atoms with E-state index in [1.807, 2.05) is 25.1 Å². The molecule has 1 aromatic carbocycles. The molecule has 3 aromatic rings. The Morgan fingerprint density at radius 1 is 1.27 bits per heavy atom. The topological polar surface area (TPSA) is 73.1 Å². The number of carbonyl (C=O) groups is 1. The fourth-order valence-electron chi connectivity index (χ4n) is 3.35. The van der Waals surface area contributed by atoms with Crippen molar-refractivity contribution in [3.8, 4) is 22.8 Å². The first-order chi connectivity index (χ1) is 12.6. The second-order valence-electron chi connectivity index (χ2n) is 6.17. The number of hydrogen-bond acceptors (Lipinski definition) is 5. The van der Waals surface area contributed by atoms with Crippen molar-refractivity contribution in [3.05, 3.63) is 34.5 Å². The van der Waals surface area contributed by atoms with Gasteiger partial charge in [0.05, 0.1) is 11.4 Å². The summed E-state index contributed by atoms with van der Waals surface area (Å²) in [6.07, 6.45) is 2.31. The van der Waals surface area contributed by atoms with Gasteiger partial charge in [0.25, 0.3) is 0 Å². The van der Waals surface area contributed by atoms with Crippen molar-refractivity contribution in [1.82, 2.24) is 9.38 Å². The summed E-state index contributed by atoms with van der Waals surface area (Å²) >= 11 is 1.55. The number of ether oxygens (including phenoxy) is 2. The van der Waals surface area contributed by atoms with E-state index in [4.69, 9.17) is 9.47 Å². The second kappa shape index (κ2) is 6.64. The van der Waals surface area contributed by atoms with Gasteiger partial charge in [0.15, 0.2) is 22.2 Å². The Kier molecular flexibility index (Phi) is 4.32. The molecule has 3 heterocycles. The molecule has 0 aliphatic carbocycles. The highest BCUT2D eigenvalue weighted by molar-refractivity contribution is 7.17. The van der Waals surface area contributed by atoms with Crippen LogP contribution in [-0.4, -0.2) is 33.7 Å². The fourth-order valence-corrected chi connectivity index (χ4v) is 4.45. The molecule has 1 aliphatic rings. The minimum atomic E-state index is -0.944. The summed E-state index contributed by atoms with van der Waals surface area (Å²) in [6.45, 7) is 5.15. The number of thiazole rings is 1. The fraction of sp³-hybridized carbons (Fsp3) is 0.368. The standard InChI is InChI=1S/C19H20N2O4S/c1-3-5-12-17(18(22)23)21-16(15(4-2)26-19(21)20-12)11-6-7-13-14(10-11)25-9-8-24-13/h6-7,10H,3-5,8-9H2,1-2H3,(H,22,23). The lowest BCUT2D eigenvalue weighted by Gasteiger charge is -2.19. The van der Waals surface area contributed by atoms with Gasteiger partial charge in [-0.25, -0.2) is 9.78 Å². The Morgan fingerprint density at radius 2 is 2.04 bits per heavy atom. The summed E-state index contributed by atoms with van der Waals surface area (Å²) in [4.78, 5) is 18.4. The molecule has 0 amide bonds. The third-order valence-electron chi connectivity index (χ3n) is 4.45. The first-order valence-corrected chi connectivity index (χ1v) is 9.62. The highest BCUT2D eigenvalue weighted by Crippen LogP contribution is 2.39. The maximum atomic E-state index is 12.0. The lowest BCUT2D eigenvalue weighted by atomic mass is 10.1. The first-order valence-electron chi connectivity index (χ1n) is 8.80. The van der Waals surface area contributed by atoms with Crippen LogP contribution in [0.25, 0.3) is 16.2 Å². The van der Waals surface area contributed by atoms with E-state index in [1.165, 1.54) is 0 Å². The molecule has 0 radical (unpaired) electrons. The monoisotopic (exact) mass is 372 g/mol. The quantitative estimate of drug-likeness (QED) is 0.731. The molecular formula is C19H20N2O4S. The van der Waals surface area contributed by atoms with Crippen molar-refractivity contribution in [2.24, 2.45) is 0 Å². The Bertz CT molecular complexity index is 989. The van der Waals surface area contributed by atoms with E-state index in [2.05, 4.69) is 11.9 Å². The van der Waals surface area contributed by atoms with E-state index in [-0.39, 0.29) is 5.69 Å². The van der Waals surface area contributed by atoms with Gasteiger partial charge < -0.3 is 14.6 Å². The van der Waals surface area contributed by atoms with Crippen LogP contribution < -0.4 is 9.47 Å². The maximum absolute atomic E-state index is 12.0. The number of nitrogens with zero attached hydrogens (tertiary/aromatic N) is 2. The van der Waals surface area contributed by atoms with Crippen LogP contribution in [0, 0.1) is 0 Å². The van der Waals surface area contributed by atoms with Crippen LogP contribution in [0.15, 0.2) is 18.2 Å². The second-order valence-corrected chi connectivity index (χ2v) is 7.23. The molecule has 6 nitrogen and oxygen atoms in total. The number of rotatable bonds is 5. The Labute approximate surface area is 155 Å². The largest absolute Gasteiger partial charge is 0.486 e. The number of imidazole rings is 1. The van der Waals surface area contributed by atoms with E-state index in [0.29, 0.717) is 31.1 Å². The van der Waals surface area contributed by atoms with Gasteiger partial charge in [-0.15, -0.1) is 11.3 Å². The molecule has 1 aliphatic heterocycles. The Hall–Kier alpha value is -2.54. The van der Waals surface area contributed by atoms with Crippen molar-refractivity contribution >= 4 is 22.3 Å². The third-order valence-corrected chi connectivity index (χ3v) is 5.63. The molecule has 136 valence electrons. The minimum Gasteiger partial charge on any atom is -0.486 e. The van der Waals surface area contributed by atoms with E-state index in [9.17, 15) is 9.90 Å². The zero-order chi connectivity index (χ0) is 18.3. The summed E-state index contributed by atoms with van der Waals surface area (Å²) in [6, 6.07) is 5.77. The molecule has 0 spiro atoms. The number of fused-ring (bicyclic) bond motifs is 2. The Balaban J connectivity index is 1.97.